The van der Waals surface area contributed by atoms with Crippen LogP contribution < -0.4 is 4.74 Å². The van der Waals surface area contributed by atoms with E-state index in [1.165, 1.54) is 0 Å². The van der Waals surface area contributed by atoms with Crippen LogP contribution >= 0.6 is 11.6 Å². The molecular formula is C9H10ClNO2. The van der Waals surface area contributed by atoms with Crippen molar-refractivity contribution in [3.05, 3.63) is 23.5 Å². The van der Waals surface area contributed by atoms with Gasteiger partial charge in [-0.3, -0.25) is 4.79 Å². The number of aromatic nitrogens is 1. The summed E-state index contributed by atoms with van der Waals surface area (Å²) < 4.78 is 4.95. The second-order valence-electron chi connectivity index (χ2n) is 2.52. The Bertz CT molecular complexity index is 301. The highest BCUT2D eigenvalue weighted by molar-refractivity contribution is 6.30. The molecule has 0 bridgehead atoms. The van der Waals surface area contributed by atoms with Gasteiger partial charge in [0.25, 0.3) is 0 Å². The molecule has 0 aliphatic carbocycles. The summed E-state index contributed by atoms with van der Waals surface area (Å²) >= 11 is 5.68. The highest BCUT2D eigenvalue weighted by Crippen LogP contribution is 2.20. The Morgan fingerprint density at radius 1 is 1.69 bits per heavy atom. The molecule has 13 heavy (non-hydrogen) atoms. The van der Waals surface area contributed by atoms with Gasteiger partial charge < -0.3 is 4.74 Å². The van der Waals surface area contributed by atoms with Crippen LogP contribution in [0.15, 0.2) is 18.3 Å². The Morgan fingerprint density at radius 3 is 3.08 bits per heavy atom. The highest BCUT2D eigenvalue weighted by Gasteiger charge is 2.06. The standard InChI is InChI=1S/C9H10ClNO2/c1-2-4-8(12)13-7-5-3-6-11-9(7)10/h3,5-6H,2,4H2,1H3. The van der Waals surface area contributed by atoms with Crippen molar-refractivity contribution in [2.45, 2.75) is 19.8 Å². The lowest BCUT2D eigenvalue weighted by atomic mass is 10.3. The average Bonchev–Trinajstić information content (AvgIpc) is 2.09. The van der Waals surface area contributed by atoms with Crippen LogP contribution in [-0.4, -0.2) is 11.0 Å². The van der Waals surface area contributed by atoms with Crippen LogP contribution in [0.3, 0.4) is 0 Å². The van der Waals surface area contributed by atoms with Crippen LogP contribution in [0.2, 0.25) is 5.15 Å². The van der Waals surface area contributed by atoms with Crippen LogP contribution in [0.4, 0.5) is 0 Å². The summed E-state index contributed by atoms with van der Waals surface area (Å²) in [6, 6.07) is 3.28. The average molecular weight is 200 g/mol. The molecule has 70 valence electrons. The van der Waals surface area contributed by atoms with E-state index in [4.69, 9.17) is 16.3 Å². The molecule has 1 aromatic rings. The topological polar surface area (TPSA) is 39.2 Å². The van der Waals surface area contributed by atoms with E-state index in [0.717, 1.165) is 6.42 Å². The lowest BCUT2D eigenvalue weighted by molar-refractivity contribution is -0.134. The SMILES string of the molecule is CCCC(=O)Oc1cccnc1Cl. The first-order valence-electron chi connectivity index (χ1n) is 4.05. The summed E-state index contributed by atoms with van der Waals surface area (Å²) in [6.07, 6.45) is 2.70. The summed E-state index contributed by atoms with van der Waals surface area (Å²) in [5.41, 5.74) is 0. The number of hydrogen-bond acceptors (Lipinski definition) is 3. The van der Waals surface area contributed by atoms with Crippen LogP contribution in [0.25, 0.3) is 0 Å². The summed E-state index contributed by atoms with van der Waals surface area (Å²) in [5.74, 6) is 0.0417. The van der Waals surface area contributed by atoms with Crippen molar-refractivity contribution in [3.63, 3.8) is 0 Å². The Kier molecular flexibility index (Phi) is 3.71. The monoisotopic (exact) mass is 199 g/mol. The molecule has 0 radical (unpaired) electrons. The number of nitrogens with zero attached hydrogens (tertiary/aromatic N) is 1. The molecule has 1 rings (SSSR count). The van der Waals surface area contributed by atoms with Gasteiger partial charge in [-0.1, -0.05) is 18.5 Å². The van der Waals surface area contributed by atoms with Crippen molar-refractivity contribution < 1.29 is 9.53 Å². The Morgan fingerprint density at radius 2 is 2.46 bits per heavy atom. The zero-order valence-electron chi connectivity index (χ0n) is 7.29. The predicted molar refractivity (Wildman–Crippen MR) is 49.8 cm³/mol. The molecule has 1 aromatic heterocycles. The maximum absolute atomic E-state index is 11.1. The zero-order valence-corrected chi connectivity index (χ0v) is 8.04. The normalized spacial score (nSPS) is 9.69. The smallest absolute Gasteiger partial charge is 0.311 e. The van der Waals surface area contributed by atoms with E-state index in [1.807, 2.05) is 6.92 Å². The molecule has 0 aliphatic heterocycles. The minimum Gasteiger partial charge on any atom is -0.423 e. The number of esters is 1. The van der Waals surface area contributed by atoms with Crippen molar-refractivity contribution in [1.82, 2.24) is 4.98 Å². The minimum absolute atomic E-state index is 0.215. The minimum atomic E-state index is -0.280. The molecule has 0 unspecified atom stereocenters. The van der Waals surface area contributed by atoms with Crippen molar-refractivity contribution in [2.75, 3.05) is 0 Å². The zero-order chi connectivity index (χ0) is 9.68. The maximum Gasteiger partial charge on any atom is 0.311 e. The molecule has 0 saturated carbocycles. The van der Waals surface area contributed by atoms with Gasteiger partial charge in [0.05, 0.1) is 0 Å². The summed E-state index contributed by atoms with van der Waals surface area (Å²) in [4.78, 5) is 14.8. The Hall–Kier alpha value is -1.09. The number of carbonyl (C=O) groups excluding carboxylic acids is 1. The molecule has 0 fully saturated rings. The predicted octanol–water partition coefficient (Wildman–Crippen LogP) is 2.44. The number of rotatable bonds is 3. The van der Waals surface area contributed by atoms with E-state index < -0.39 is 0 Å². The fraction of sp³-hybridized carbons (Fsp3) is 0.333. The molecule has 3 nitrogen and oxygen atoms in total. The third-order valence-electron chi connectivity index (χ3n) is 1.40. The summed E-state index contributed by atoms with van der Waals surface area (Å²) in [6.45, 7) is 1.91. The lowest BCUT2D eigenvalue weighted by Crippen LogP contribution is -2.07. The van der Waals surface area contributed by atoms with Crippen molar-refractivity contribution in [1.29, 1.82) is 0 Å². The number of carbonyl (C=O) groups is 1. The first kappa shape index (κ1) is 9.99. The maximum atomic E-state index is 11.1. The fourth-order valence-electron chi connectivity index (χ4n) is 0.825. The van der Waals surface area contributed by atoms with E-state index in [2.05, 4.69) is 4.98 Å². The molecule has 4 heteroatoms. The van der Waals surface area contributed by atoms with Gasteiger partial charge in [-0.25, -0.2) is 4.98 Å². The van der Waals surface area contributed by atoms with Gasteiger partial charge in [0.1, 0.15) is 0 Å². The molecule has 0 amide bonds. The van der Waals surface area contributed by atoms with Crippen LogP contribution in [-0.2, 0) is 4.79 Å². The summed E-state index contributed by atoms with van der Waals surface area (Å²) in [5, 5.41) is 0.215. The van der Waals surface area contributed by atoms with Gasteiger partial charge in [-0.15, -0.1) is 0 Å². The van der Waals surface area contributed by atoms with Crippen molar-refractivity contribution in [2.24, 2.45) is 0 Å². The largest absolute Gasteiger partial charge is 0.423 e. The molecule has 0 atom stereocenters. The van der Waals surface area contributed by atoms with Crippen LogP contribution in [0.1, 0.15) is 19.8 Å². The van der Waals surface area contributed by atoms with Crippen molar-refractivity contribution >= 4 is 17.6 Å². The van der Waals surface area contributed by atoms with E-state index in [-0.39, 0.29) is 11.1 Å². The third kappa shape index (κ3) is 3.03. The van der Waals surface area contributed by atoms with Gasteiger partial charge in [0.15, 0.2) is 10.9 Å². The van der Waals surface area contributed by atoms with E-state index >= 15 is 0 Å². The Balaban J connectivity index is 2.63. The lowest BCUT2D eigenvalue weighted by Gasteiger charge is -2.03. The number of hydrogen-bond donors (Lipinski definition) is 0. The fourth-order valence-corrected chi connectivity index (χ4v) is 0.983. The first-order valence-corrected chi connectivity index (χ1v) is 4.43. The number of halogens is 1. The van der Waals surface area contributed by atoms with E-state index in [0.29, 0.717) is 12.2 Å². The Labute approximate surface area is 81.7 Å². The molecule has 0 N–H and O–H groups in total. The van der Waals surface area contributed by atoms with Crippen LogP contribution in [0.5, 0.6) is 5.75 Å². The van der Waals surface area contributed by atoms with Gasteiger partial charge in [-0.05, 0) is 18.6 Å². The number of ether oxygens (including phenoxy) is 1. The highest BCUT2D eigenvalue weighted by atomic mass is 35.5. The van der Waals surface area contributed by atoms with E-state index in [1.54, 1.807) is 18.3 Å². The van der Waals surface area contributed by atoms with Gasteiger partial charge in [-0.2, -0.15) is 0 Å². The van der Waals surface area contributed by atoms with Crippen molar-refractivity contribution in [3.8, 4) is 5.75 Å². The molecule has 0 aromatic carbocycles. The molecular weight excluding hydrogens is 190 g/mol. The number of pyridine rings is 1. The first-order chi connectivity index (χ1) is 6.24. The van der Waals surface area contributed by atoms with Crippen LogP contribution in [0, 0.1) is 0 Å². The molecule has 0 aliphatic rings. The molecule has 0 spiro atoms. The second-order valence-corrected chi connectivity index (χ2v) is 2.87. The second kappa shape index (κ2) is 4.82. The summed E-state index contributed by atoms with van der Waals surface area (Å²) in [7, 11) is 0. The third-order valence-corrected chi connectivity index (χ3v) is 1.69. The van der Waals surface area contributed by atoms with E-state index in [9.17, 15) is 4.79 Å². The molecule has 0 saturated heterocycles. The quantitative estimate of drug-likeness (QED) is 0.555. The molecule has 1 heterocycles. The van der Waals surface area contributed by atoms with Gasteiger partial charge in [0.2, 0.25) is 0 Å². The van der Waals surface area contributed by atoms with Gasteiger partial charge >= 0.3 is 5.97 Å². The van der Waals surface area contributed by atoms with Gasteiger partial charge in [0, 0.05) is 12.6 Å².